The summed E-state index contributed by atoms with van der Waals surface area (Å²) < 4.78 is 22.9. The maximum Gasteiger partial charge on any atom is 0.237 e. The Balaban J connectivity index is 1.88. The van der Waals surface area contributed by atoms with Gasteiger partial charge in [0.1, 0.15) is 0 Å². The molecule has 0 aromatic heterocycles. The lowest BCUT2D eigenvalue weighted by molar-refractivity contribution is -0.127. The molecule has 1 N–H and O–H groups in total. The van der Waals surface area contributed by atoms with E-state index in [0.29, 0.717) is 19.1 Å². The van der Waals surface area contributed by atoms with Crippen LogP contribution in [0.4, 0.5) is 0 Å². The average Bonchev–Trinajstić information content (AvgIpc) is 2.42. The monoisotopic (exact) mass is 302 g/mol. The number of carbonyl (C=O) groups is 1. The molecule has 1 heterocycles. The second-order valence-corrected chi connectivity index (χ2v) is 8.26. The summed E-state index contributed by atoms with van der Waals surface area (Å²) in [6.07, 6.45) is 6.56. The van der Waals surface area contributed by atoms with Crippen LogP contribution in [0, 0.1) is 0 Å². The van der Waals surface area contributed by atoms with Gasteiger partial charge in [-0.1, -0.05) is 26.2 Å². The van der Waals surface area contributed by atoms with Crippen LogP contribution in [-0.2, 0) is 14.6 Å². The van der Waals surface area contributed by atoms with Crippen LogP contribution in [0.25, 0.3) is 0 Å². The van der Waals surface area contributed by atoms with E-state index in [4.69, 9.17) is 0 Å². The quantitative estimate of drug-likeness (QED) is 0.839. The molecule has 1 amide bonds. The van der Waals surface area contributed by atoms with E-state index in [9.17, 15) is 13.2 Å². The standard InChI is InChI=1S/C14H26N2O3S/c1-2-13(16-8-10-20(18,19)11-9-16)14(17)15-12-6-4-3-5-7-12/h12-13H,2-11H2,1H3,(H,15,17)/t13-/m1/s1. The van der Waals surface area contributed by atoms with Gasteiger partial charge < -0.3 is 5.32 Å². The fourth-order valence-corrected chi connectivity index (χ4v) is 4.42. The molecule has 1 atom stereocenters. The first-order valence-corrected chi connectivity index (χ1v) is 9.59. The fraction of sp³-hybridized carbons (Fsp3) is 0.929. The number of hydrogen-bond donors (Lipinski definition) is 1. The zero-order valence-corrected chi connectivity index (χ0v) is 13.1. The van der Waals surface area contributed by atoms with Gasteiger partial charge in [0.25, 0.3) is 0 Å². The average molecular weight is 302 g/mol. The smallest absolute Gasteiger partial charge is 0.237 e. The van der Waals surface area contributed by atoms with Crippen LogP contribution in [0.1, 0.15) is 45.4 Å². The zero-order chi connectivity index (χ0) is 14.6. The Morgan fingerprint density at radius 1 is 1.20 bits per heavy atom. The first kappa shape index (κ1) is 15.8. The molecule has 6 heteroatoms. The zero-order valence-electron chi connectivity index (χ0n) is 12.3. The van der Waals surface area contributed by atoms with Crippen LogP contribution in [0.2, 0.25) is 0 Å². The predicted octanol–water partition coefficient (Wildman–Crippen LogP) is 0.944. The van der Waals surface area contributed by atoms with Crippen molar-refractivity contribution in [1.82, 2.24) is 10.2 Å². The summed E-state index contributed by atoms with van der Waals surface area (Å²) in [5.41, 5.74) is 0. The Morgan fingerprint density at radius 3 is 2.35 bits per heavy atom. The van der Waals surface area contributed by atoms with Crippen LogP contribution in [0.3, 0.4) is 0 Å². The number of sulfone groups is 1. The molecule has 0 spiro atoms. The van der Waals surface area contributed by atoms with E-state index in [-0.39, 0.29) is 23.5 Å². The first-order valence-electron chi connectivity index (χ1n) is 7.76. The van der Waals surface area contributed by atoms with Gasteiger partial charge in [-0.15, -0.1) is 0 Å². The Labute approximate surface area is 122 Å². The van der Waals surface area contributed by atoms with Gasteiger partial charge in [-0.25, -0.2) is 8.42 Å². The highest BCUT2D eigenvalue weighted by Crippen LogP contribution is 2.18. The minimum absolute atomic E-state index is 0.0821. The van der Waals surface area contributed by atoms with E-state index in [0.717, 1.165) is 19.3 Å². The second-order valence-electron chi connectivity index (χ2n) is 5.96. The number of hydrogen-bond acceptors (Lipinski definition) is 4. The van der Waals surface area contributed by atoms with Crippen LogP contribution in [0.15, 0.2) is 0 Å². The molecular weight excluding hydrogens is 276 g/mol. The van der Waals surface area contributed by atoms with Crippen molar-refractivity contribution in [2.24, 2.45) is 0 Å². The molecule has 0 bridgehead atoms. The van der Waals surface area contributed by atoms with Gasteiger partial charge in [0.2, 0.25) is 5.91 Å². The fourth-order valence-electron chi connectivity index (χ4n) is 3.19. The lowest BCUT2D eigenvalue weighted by Gasteiger charge is -2.34. The summed E-state index contributed by atoms with van der Waals surface area (Å²) >= 11 is 0. The molecule has 0 radical (unpaired) electrons. The van der Waals surface area contributed by atoms with Crippen molar-refractivity contribution in [3.05, 3.63) is 0 Å². The Hall–Kier alpha value is -0.620. The van der Waals surface area contributed by atoms with Crippen LogP contribution in [-0.4, -0.2) is 55.9 Å². The summed E-state index contributed by atoms with van der Waals surface area (Å²) in [7, 11) is -2.88. The van der Waals surface area contributed by atoms with Gasteiger partial charge in [0, 0.05) is 19.1 Å². The molecule has 116 valence electrons. The molecule has 20 heavy (non-hydrogen) atoms. The second kappa shape index (κ2) is 6.89. The topological polar surface area (TPSA) is 66.5 Å². The number of carbonyl (C=O) groups excluding carboxylic acids is 1. The van der Waals surface area contributed by atoms with Crippen molar-refractivity contribution < 1.29 is 13.2 Å². The molecule has 5 nitrogen and oxygen atoms in total. The molecule has 2 aliphatic rings. The van der Waals surface area contributed by atoms with Gasteiger partial charge in [-0.05, 0) is 19.3 Å². The summed E-state index contributed by atoms with van der Waals surface area (Å²) in [5.74, 6) is 0.444. The van der Waals surface area contributed by atoms with E-state index in [1.165, 1.54) is 19.3 Å². The molecule has 2 rings (SSSR count). The van der Waals surface area contributed by atoms with E-state index >= 15 is 0 Å². The van der Waals surface area contributed by atoms with Gasteiger partial charge >= 0.3 is 0 Å². The first-order chi connectivity index (χ1) is 9.52. The Bertz CT molecular complexity index is 416. The Kier molecular flexibility index (Phi) is 5.43. The molecule has 1 aliphatic heterocycles. The number of nitrogens with one attached hydrogen (secondary N) is 1. The molecule has 0 aromatic carbocycles. The van der Waals surface area contributed by atoms with Gasteiger partial charge in [-0.2, -0.15) is 0 Å². The highest BCUT2D eigenvalue weighted by Gasteiger charge is 2.31. The third-order valence-corrected chi connectivity index (χ3v) is 6.07. The number of rotatable bonds is 4. The lowest BCUT2D eigenvalue weighted by atomic mass is 9.95. The molecular formula is C14H26N2O3S. The molecule has 1 saturated heterocycles. The summed E-state index contributed by atoms with van der Waals surface area (Å²) in [6.45, 7) is 2.96. The van der Waals surface area contributed by atoms with Crippen molar-refractivity contribution >= 4 is 15.7 Å². The predicted molar refractivity (Wildman–Crippen MR) is 79.3 cm³/mol. The Morgan fingerprint density at radius 2 is 1.80 bits per heavy atom. The van der Waals surface area contributed by atoms with Crippen LogP contribution >= 0.6 is 0 Å². The number of nitrogens with zero attached hydrogens (tertiary/aromatic N) is 1. The summed E-state index contributed by atoms with van der Waals surface area (Å²) in [5, 5.41) is 3.16. The summed E-state index contributed by atoms with van der Waals surface area (Å²) in [6, 6.07) is 0.145. The van der Waals surface area contributed by atoms with Crippen molar-refractivity contribution in [1.29, 1.82) is 0 Å². The molecule has 0 unspecified atom stereocenters. The van der Waals surface area contributed by atoms with Crippen molar-refractivity contribution in [2.75, 3.05) is 24.6 Å². The largest absolute Gasteiger partial charge is 0.352 e. The van der Waals surface area contributed by atoms with Crippen molar-refractivity contribution in [3.8, 4) is 0 Å². The lowest BCUT2D eigenvalue weighted by Crippen LogP contribution is -2.54. The SMILES string of the molecule is CC[C@H](C(=O)NC1CCCCC1)N1CCS(=O)(=O)CC1. The van der Waals surface area contributed by atoms with Crippen LogP contribution in [0.5, 0.6) is 0 Å². The summed E-state index contributed by atoms with van der Waals surface area (Å²) in [4.78, 5) is 14.4. The molecule has 1 aliphatic carbocycles. The third-order valence-electron chi connectivity index (χ3n) is 4.46. The molecule has 1 saturated carbocycles. The third kappa shape index (κ3) is 4.19. The van der Waals surface area contributed by atoms with Gasteiger partial charge in [-0.3, -0.25) is 9.69 Å². The number of amides is 1. The normalized spacial score (nSPS) is 26.1. The molecule has 2 fully saturated rings. The van der Waals surface area contributed by atoms with Crippen molar-refractivity contribution in [3.63, 3.8) is 0 Å². The minimum Gasteiger partial charge on any atom is -0.352 e. The van der Waals surface area contributed by atoms with E-state index < -0.39 is 9.84 Å². The maximum atomic E-state index is 12.4. The molecule has 0 aromatic rings. The van der Waals surface area contributed by atoms with Crippen LogP contribution < -0.4 is 5.32 Å². The van der Waals surface area contributed by atoms with E-state index in [1.54, 1.807) is 0 Å². The maximum absolute atomic E-state index is 12.4. The van der Waals surface area contributed by atoms with Crippen molar-refractivity contribution in [2.45, 2.75) is 57.5 Å². The van der Waals surface area contributed by atoms with E-state index in [1.807, 2.05) is 11.8 Å². The van der Waals surface area contributed by atoms with Gasteiger partial charge in [0.05, 0.1) is 17.5 Å². The van der Waals surface area contributed by atoms with E-state index in [2.05, 4.69) is 5.32 Å². The van der Waals surface area contributed by atoms with Gasteiger partial charge in [0.15, 0.2) is 9.84 Å². The highest BCUT2D eigenvalue weighted by molar-refractivity contribution is 7.91. The highest BCUT2D eigenvalue weighted by atomic mass is 32.2. The minimum atomic E-state index is -2.88.